The van der Waals surface area contributed by atoms with Gasteiger partial charge in [0.1, 0.15) is 6.10 Å². The summed E-state index contributed by atoms with van der Waals surface area (Å²) in [6.45, 7) is 14.0. The van der Waals surface area contributed by atoms with Crippen LogP contribution in [0.1, 0.15) is 72.6 Å². The molecule has 0 aromatic carbocycles. The van der Waals surface area contributed by atoms with Gasteiger partial charge in [0, 0.05) is 41.3 Å². The number of rotatable bonds is 11. The lowest BCUT2D eigenvalue weighted by Gasteiger charge is -2.48. The van der Waals surface area contributed by atoms with Crippen molar-refractivity contribution in [2.75, 3.05) is 38.7 Å². The van der Waals surface area contributed by atoms with Gasteiger partial charge >= 0.3 is 5.69 Å². The van der Waals surface area contributed by atoms with E-state index >= 15 is 0 Å². The van der Waals surface area contributed by atoms with Crippen LogP contribution in [-0.4, -0.2) is 89.4 Å². The van der Waals surface area contributed by atoms with Crippen LogP contribution in [0, 0.1) is 6.92 Å². The van der Waals surface area contributed by atoms with Gasteiger partial charge in [-0.05, 0) is 50.9 Å². The first-order valence-corrected chi connectivity index (χ1v) is 21.2. The molecule has 0 aliphatic carbocycles. The van der Waals surface area contributed by atoms with E-state index in [2.05, 4.69) is 26.1 Å². The summed E-state index contributed by atoms with van der Waals surface area (Å²) in [6, 6.07) is 0. The molecule has 1 fully saturated rings. The summed E-state index contributed by atoms with van der Waals surface area (Å²) in [6.07, 6.45) is 8.87. The predicted molar refractivity (Wildman–Crippen MR) is 183 cm³/mol. The Kier molecular flexibility index (Phi) is 11.0. The fraction of sp³-hybridized carbons (Fsp3) is 0.767. The molecule has 2 aliphatic rings. The minimum atomic E-state index is -4.10. The second kappa shape index (κ2) is 13.1. The molecule has 1 amide bonds. The Balaban J connectivity index is 2.17. The van der Waals surface area contributed by atoms with E-state index in [1.165, 1.54) is 16.8 Å². The number of aryl methyl sites for hydroxylation is 1. The Hall–Kier alpha value is -1.62. The third kappa shape index (κ3) is 7.92. The molecule has 1 aromatic rings. The highest BCUT2D eigenvalue weighted by Crippen LogP contribution is 2.60. The molecular formula is C30H53N3O9S3. The van der Waals surface area contributed by atoms with Crippen LogP contribution in [0.25, 0.3) is 0 Å². The average molecular weight is 696 g/mol. The number of nitrogens with one attached hydrogen (secondary N) is 1. The average Bonchev–Trinajstić information content (AvgIpc) is 3.38. The summed E-state index contributed by atoms with van der Waals surface area (Å²) < 4.78 is 53.5. The van der Waals surface area contributed by atoms with Gasteiger partial charge in [-0.2, -0.15) is 8.42 Å². The largest absolute Gasteiger partial charge is 0.359 e. The van der Waals surface area contributed by atoms with Crippen molar-refractivity contribution in [2.45, 2.75) is 108 Å². The highest BCUT2D eigenvalue weighted by atomic mass is 32.3. The van der Waals surface area contributed by atoms with Crippen LogP contribution >= 0.6 is 20.6 Å². The van der Waals surface area contributed by atoms with E-state index in [0.29, 0.717) is 18.4 Å². The van der Waals surface area contributed by atoms with Crippen molar-refractivity contribution in [1.82, 2.24) is 14.5 Å². The number of amides is 1. The van der Waals surface area contributed by atoms with Crippen molar-refractivity contribution < 1.29 is 30.5 Å². The van der Waals surface area contributed by atoms with Crippen molar-refractivity contribution in [3.8, 4) is 0 Å². The van der Waals surface area contributed by atoms with Crippen molar-refractivity contribution in [3.63, 3.8) is 0 Å². The van der Waals surface area contributed by atoms with E-state index in [0.717, 1.165) is 9.98 Å². The maximum atomic E-state index is 14.0. The normalized spacial score (nSPS) is 26.0. The number of aromatic nitrogens is 2. The van der Waals surface area contributed by atoms with Gasteiger partial charge in [-0.25, -0.2) is 8.98 Å². The summed E-state index contributed by atoms with van der Waals surface area (Å²) in [4.78, 5) is 38.9. The Bertz CT molecular complexity index is 1520. The zero-order valence-corrected chi connectivity index (χ0v) is 31.2. The van der Waals surface area contributed by atoms with Gasteiger partial charge in [0.05, 0.1) is 12.0 Å². The van der Waals surface area contributed by atoms with E-state index in [-0.39, 0.29) is 35.0 Å². The highest BCUT2D eigenvalue weighted by molar-refractivity contribution is 8.30. The van der Waals surface area contributed by atoms with Gasteiger partial charge < -0.3 is 18.4 Å². The summed E-state index contributed by atoms with van der Waals surface area (Å²) in [7, 11) is -6.12. The van der Waals surface area contributed by atoms with Gasteiger partial charge in [0.25, 0.3) is 15.7 Å². The molecule has 1 N–H and O–H groups in total. The first-order chi connectivity index (χ1) is 20.4. The van der Waals surface area contributed by atoms with Crippen LogP contribution in [0.4, 0.5) is 0 Å². The standard InChI is InChI=1S/C30H53N3O9S3/c1-21-19-33(27(36)32(25(21)35)17-14-13-15-23(34)31-8)26-24(41-44(11,12)29(5,6)7)30(16-18-45(37,38)42-30)22(40-26)20-39-43(9,10)28(2,3)4/h16,18-19,22,24,26H,13-15,17,20H2,1-12H3,(H,31,34)/t22-,24+,26-,30?/m1/s1. The first kappa shape index (κ1) is 37.8. The molecule has 1 unspecified atom stereocenters. The van der Waals surface area contributed by atoms with E-state index in [4.69, 9.17) is 17.3 Å². The maximum absolute atomic E-state index is 14.0. The van der Waals surface area contributed by atoms with Crippen molar-refractivity contribution >= 4 is 36.6 Å². The van der Waals surface area contributed by atoms with Crippen LogP contribution in [-0.2, 0) is 38.7 Å². The minimum Gasteiger partial charge on any atom is -0.359 e. The van der Waals surface area contributed by atoms with E-state index < -0.39 is 66.0 Å². The van der Waals surface area contributed by atoms with Gasteiger partial charge in [0.15, 0.2) is 17.9 Å². The Labute approximate surface area is 271 Å². The van der Waals surface area contributed by atoms with E-state index in [9.17, 15) is 22.8 Å². The summed E-state index contributed by atoms with van der Waals surface area (Å²) >= 11 is 0. The lowest BCUT2D eigenvalue weighted by atomic mass is 9.92. The number of hydrogen-bond donors (Lipinski definition) is 1. The molecule has 1 aromatic heterocycles. The first-order valence-electron chi connectivity index (χ1n) is 15.0. The molecule has 2 aliphatic heterocycles. The number of nitrogens with zero attached hydrogens (tertiary/aromatic N) is 2. The van der Waals surface area contributed by atoms with Gasteiger partial charge in [-0.3, -0.25) is 18.7 Å². The van der Waals surface area contributed by atoms with Crippen molar-refractivity contribution in [2.24, 2.45) is 0 Å². The number of ether oxygens (including phenoxy) is 1. The van der Waals surface area contributed by atoms with E-state index in [1.807, 2.05) is 45.8 Å². The lowest BCUT2D eigenvalue weighted by Crippen LogP contribution is -2.52. The zero-order valence-electron chi connectivity index (χ0n) is 28.8. The molecule has 260 valence electrons. The van der Waals surface area contributed by atoms with Gasteiger partial charge in [-0.15, -0.1) is 20.6 Å². The summed E-state index contributed by atoms with van der Waals surface area (Å²) in [5, 5.41) is 3.57. The minimum absolute atomic E-state index is 0.0199. The number of carbonyl (C=O) groups is 1. The maximum Gasteiger partial charge on any atom is 0.333 e. The zero-order chi connectivity index (χ0) is 34.4. The molecule has 3 heterocycles. The molecule has 0 bridgehead atoms. The highest BCUT2D eigenvalue weighted by Gasteiger charge is 2.64. The van der Waals surface area contributed by atoms with Crippen molar-refractivity contribution in [1.29, 1.82) is 0 Å². The molecule has 1 saturated heterocycles. The molecule has 0 saturated carbocycles. The quantitative estimate of drug-likeness (QED) is 0.271. The molecule has 4 atom stereocenters. The lowest BCUT2D eigenvalue weighted by molar-refractivity contribution is -0.120. The second-order valence-electron chi connectivity index (χ2n) is 14.3. The van der Waals surface area contributed by atoms with Gasteiger partial charge in [0.2, 0.25) is 5.91 Å². The number of unbranched alkanes of at least 4 members (excludes halogenated alkanes) is 1. The fourth-order valence-corrected chi connectivity index (χ4v) is 7.60. The summed E-state index contributed by atoms with van der Waals surface area (Å²) in [5.41, 5.74) is -2.41. The monoisotopic (exact) mass is 695 g/mol. The molecule has 15 heteroatoms. The van der Waals surface area contributed by atoms with Crippen LogP contribution in [0.5, 0.6) is 0 Å². The molecule has 45 heavy (non-hydrogen) atoms. The Morgan fingerprint density at radius 2 is 1.64 bits per heavy atom. The smallest absolute Gasteiger partial charge is 0.333 e. The van der Waals surface area contributed by atoms with Crippen molar-refractivity contribution in [3.05, 3.63) is 44.1 Å². The molecule has 12 nitrogen and oxygen atoms in total. The summed E-state index contributed by atoms with van der Waals surface area (Å²) in [5.74, 6) is -0.123. The number of hydrogen-bond acceptors (Lipinski definition) is 9. The van der Waals surface area contributed by atoms with Crippen LogP contribution in [0.2, 0.25) is 0 Å². The molecule has 1 spiro atoms. The van der Waals surface area contributed by atoms with Crippen LogP contribution in [0.15, 0.2) is 27.3 Å². The SMILES string of the molecule is CNC(=O)CCCCn1c(=O)c(C)cn([C@@H]2O[C@H](COS(C)(C)C(C)(C)C)C3(C=CS(=O)(=O)O3)[C@H]2OS(C)(C)C(C)(C)C)c1=O. The topological polar surface area (TPSA) is 144 Å². The Morgan fingerprint density at radius 1 is 1.04 bits per heavy atom. The van der Waals surface area contributed by atoms with E-state index in [1.54, 1.807) is 14.0 Å². The molecule has 0 radical (unpaired) electrons. The number of carbonyl (C=O) groups excluding carboxylic acids is 1. The fourth-order valence-electron chi connectivity index (χ4n) is 4.64. The predicted octanol–water partition coefficient (Wildman–Crippen LogP) is 3.70. The second-order valence-corrected chi connectivity index (χ2v) is 23.6. The van der Waals surface area contributed by atoms with Crippen LogP contribution < -0.4 is 16.6 Å². The molecular weight excluding hydrogens is 643 g/mol. The third-order valence-electron chi connectivity index (χ3n) is 9.03. The molecule has 3 rings (SSSR count). The van der Waals surface area contributed by atoms with Gasteiger partial charge in [-0.1, -0.05) is 41.5 Å². The van der Waals surface area contributed by atoms with Crippen LogP contribution in [0.3, 0.4) is 0 Å². The Morgan fingerprint density at radius 3 is 2.16 bits per heavy atom. The third-order valence-corrected chi connectivity index (χ3v) is 17.3.